The molecule has 1 fully saturated rings. The number of nitrogens with one attached hydrogen (secondary N) is 1. The number of rotatable bonds is 5. The standard InChI is InChI=1S/C20H25N3O3/c1-22(2)16-12-13-23(14-16)20(24)21-15-8-10-17(11-9-15)26-19-7-5-4-6-18(19)25-3/h4-11,16H,12-14H2,1-3H3,(H,21,24)/t16-/m1/s1. The van der Waals surface area contributed by atoms with Crippen molar-refractivity contribution in [3.63, 3.8) is 0 Å². The average molecular weight is 355 g/mol. The van der Waals surface area contributed by atoms with Crippen molar-refractivity contribution in [2.75, 3.05) is 39.6 Å². The Kier molecular flexibility index (Phi) is 5.63. The summed E-state index contributed by atoms with van der Waals surface area (Å²) in [7, 11) is 5.71. The molecule has 2 aromatic carbocycles. The molecule has 0 bridgehead atoms. The molecule has 1 heterocycles. The van der Waals surface area contributed by atoms with Gasteiger partial charge in [-0.1, -0.05) is 12.1 Å². The number of hydrogen-bond acceptors (Lipinski definition) is 4. The molecule has 26 heavy (non-hydrogen) atoms. The van der Waals surface area contributed by atoms with Crippen LogP contribution in [0.3, 0.4) is 0 Å². The number of amides is 2. The fraction of sp³-hybridized carbons (Fsp3) is 0.350. The normalized spacial score (nSPS) is 16.6. The minimum atomic E-state index is -0.0623. The van der Waals surface area contributed by atoms with Crippen molar-refractivity contribution >= 4 is 11.7 Å². The number of methoxy groups -OCH3 is 1. The van der Waals surface area contributed by atoms with Crippen LogP contribution in [-0.4, -0.2) is 56.2 Å². The van der Waals surface area contributed by atoms with Crippen LogP contribution in [0.2, 0.25) is 0 Å². The van der Waals surface area contributed by atoms with Gasteiger partial charge < -0.3 is 24.6 Å². The highest BCUT2D eigenvalue weighted by atomic mass is 16.5. The minimum Gasteiger partial charge on any atom is -0.493 e. The van der Waals surface area contributed by atoms with Gasteiger partial charge in [0.1, 0.15) is 5.75 Å². The molecule has 0 spiro atoms. The number of likely N-dealkylation sites (tertiary alicyclic amines) is 1. The third-order valence-electron chi connectivity index (χ3n) is 4.58. The number of hydrogen-bond donors (Lipinski definition) is 1. The Morgan fingerprint density at radius 2 is 1.81 bits per heavy atom. The van der Waals surface area contributed by atoms with Gasteiger partial charge in [-0.3, -0.25) is 0 Å². The van der Waals surface area contributed by atoms with Gasteiger partial charge in [0.25, 0.3) is 0 Å². The summed E-state index contributed by atoms with van der Waals surface area (Å²) >= 11 is 0. The first-order valence-electron chi connectivity index (χ1n) is 8.70. The van der Waals surface area contributed by atoms with E-state index in [1.807, 2.05) is 67.5 Å². The minimum absolute atomic E-state index is 0.0623. The highest BCUT2D eigenvalue weighted by Crippen LogP contribution is 2.31. The molecule has 2 aromatic rings. The molecule has 1 aliphatic rings. The van der Waals surface area contributed by atoms with Crippen LogP contribution in [0.1, 0.15) is 6.42 Å². The van der Waals surface area contributed by atoms with Crippen LogP contribution >= 0.6 is 0 Å². The quantitative estimate of drug-likeness (QED) is 0.889. The lowest BCUT2D eigenvalue weighted by molar-refractivity contribution is 0.216. The fourth-order valence-corrected chi connectivity index (χ4v) is 2.99. The first-order valence-corrected chi connectivity index (χ1v) is 8.70. The molecule has 0 aromatic heterocycles. The van der Waals surface area contributed by atoms with Crippen molar-refractivity contribution in [2.45, 2.75) is 12.5 Å². The van der Waals surface area contributed by atoms with E-state index in [-0.39, 0.29) is 6.03 Å². The Morgan fingerprint density at radius 1 is 1.12 bits per heavy atom. The monoisotopic (exact) mass is 355 g/mol. The SMILES string of the molecule is COc1ccccc1Oc1ccc(NC(=O)N2CC[C@@H](N(C)C)C2)cc1. The van der Waals surface area contributed by atoms with Crippen molar-refractivity contribution < 1.29 is 14.3 Å². The molecule has 138 valence electrons. The van der Waals surface area contributed by atoms with E-state index in [0.717, 1.165) is 25.2 Å². The van der Waals surface area contributed by atoms with Crippen LogP contribution in [0.25, 0.3) is 0 Å². The number of likely N-dealkylation sites (N-methyl/N-ethyl adjacent to an activating group) is 1. The predicted octanol–water partition coefficient (Wildman–Crippen LogP) is 3.66. The maximum atomic E-state index is 12.4. The molecule has 6 nitrogen and oxygen atoms in total. The van der Waals surface area contributed by atoms with E-state index in [4.69, 9.17) is 9.47 Å². The molecule has 0 saturated carbocycles. The van der Waals surface area contributed by atoms with Crippen molar-refractivity contribution in [3.05, 3.63) is 48.5 Å². The zero-order valence-electron chi connectivity index (χ0n) is 15.4. The van der Waals surface area contributed by atoms with Crippen LogP contribution in [0.5, 0.6) is 17.2 Å². The van der Waals surface area contributed by atoms with E-state index in [0.29, 0.717) is 23.3 Å². The highest BCUT2D eigenvalue weighted by molar-refractivity contribution is 5.89. The van der Waals surface area contributed by atoms with Gasteiger partial charge in [-0.2, -0.15) is 0 Å². The Hall–Kier alpha value is -2.73. The lowest BCUT2D eigenvalue weighted by atomic mass is 10.2. The molecule has 1 aliphatic heterocycles. The highest BCUT2D eigenvalue weighted by Gasteiger charge is 2.27. The van der Waals surface area contributed by atoms with Gasteiger partial charge in [0.2, 0.25) is 0 Å². The second-order valence-electron chi connectivity index (χ2n) is 6.56. The zero-order chi connectivity index (χ0) is 18.5. The Bertz CT molecular complexity index is 746. The lowest BCUT2D eigenvalue weighted by Crippen LogP contribution is -2.36. The average Bonchev–Trinajstić information content (AvgIpc) is 3.14. The lowest BCUT2D eigenvalue weighted by Gasteiger charge is -2.20. The van der Waals surface area contributed by atoms with Gasteiger partial charge in [0.05, 0.1) is 7.11 Å². The van der Waals surface area contributed by atoms with Gasteiger partial charge >= 0.3 is 6.03 Å². The maximum Gasteiger partial charge on any atom is 0.321 e. The van der Waals surface area contributed by atoms with Crippen LogP contribution < -0.4 is 14.8 Å². The van der Waals surface area contributed by atoms with E-state index in [1.165, 1.54) is 0 Å². The van der Waals surface area contributed by atoms with E-state index < -0.39 is 0 Å². The first-order chi connectivity index (χ1) is 12.6. The van der Waals surface area contributed by atoms with Gasteiger partial charge in [0, 0.05) is 24.8 Å². The predicted molar refractivity (Wildman–Crippen MR) is 102 cm³/mol. The van der Waals surface area contributed by atoms with Gasteiger partial charge in [-0.05, 0) is 56.9 Å². The van der Waals surface area contributed by atoms with Gasteiger partial charge in [-0.15, -0.1) is 0 Å². The zero-order valence-corrected chi connectivity index (χ0v) is 15.4. The number of ether oxygens (including phenoxy) is 2. The molecule has 1 saturated heterocycles. The summed E-state index contributed by atoms with van der Waals surface area (Å²) < 4.78 is 11.1. The molecule has 2 amide bonds. The van der Waals surface area contributed by atoms with E-state index in [9.17, 15) is 4.79 Å². The fourth-order valence-electron chi connectivity index (χ4n) is 2.99. The summed E-state index contributed by atoms with van der Waals surface area (Å²) in [5, 5.41) is 2.95. The number of benzene rings is 2. The summed E-state index contributed by atoms with van der Waals surface area (Å²) in [5.41, 5.74) is 0.746. The largest absolute Gasteiger partial charge is 0.493 e. The molecule has 0 aliphatic carbocycles. The molecule has 0 radical (unpaired) electrons. The molecule has 1 atom stereocenters. The van der Waals surface area contributed by atoms with Crippen LogP contribution in [0.15, 0.2) is 48.5 Å². The second-order valence-corrected chi connectivity index (χ2v) is 6.56. The smallest absolute Gasteiger partial charge is 0.321 e. The summed E-state index contributed by atoms with van der Waals surface area (Å²) in [6.07, 6.45) is 1.01. The molecular weight excluding hydrogens is 330 g/mol. The van der Waals surface area contributed by atoms with Crippen molar-refractivity contribution in [2.24, 2.45) is 0 Å². The maximum absolute atomic E-state index is 12.4. The molecular formula is C20H25N3O3. The Balaban J connectivity index is 1.59. The third-order valence-corrected chi connectivity index (χ3v) is 4.58. The van der Waals surface area contributed by atoms with Crippen molar-refractivity contribution in [1.82, 2.24) is 9.80 Å². The van der Waals surface area contributed by atoms with Crippen LogP contribution in [0, 0.1) is 0 Å². The number of anilines is 1. The van der Waals surface area contributed by atoms with Crippen LogP contribution in [-0.2, 0) is 0 Å². The molecule has 3 rings (SSSR count). The Labute approximate surface area is 154 Å². The third kappa shape index (κ3) is 4.26. The van der Waals surface area contributed by atoms with Crippen LogP contribution in [0.4, 0.5) is 10.5 Å². The van der Waals surface area contributed by atoms with Gasteiger partial charge in [-0.25, -0.2) is 4.79 Å². The van der Waals surface area contributed by atoms with Gasteiger partial charge in [0.15, 0.2) is 11.5 Å². The molecule has 1 N–H and O–H groups in total. The summed E-state index contributed by atoms with van der Waals surface area (Å²) in [5.74, 6) is 2.01. The van der Waals surface area contributed by atoms with Crippen molar-refractivity contribution in [3.8, 4) is 17.2 Å². The van der Waals surface area contributed by atoms with E-state index in [1.54, 1.807) is 7.11 Å². The Morgan fingerprint density at radius 3 is 2.42 bits per heavy atom. The number of para-hydroxylation sites is 2. The summed E-state index contributed by atoms with van der Waals surface area (Å²) in [4.78, 5) is 16.4. The number of urea groups is 1. The summed E-state index contributed by atoms with van der Waals surface area (Å²) in [6, 6.07) is 15.2. The second kappa shape index (κ2) is 8.10. The molecule has 0 unspecified atom stereocenters. The number of carbonyl (C=O) groups excluding carboxylic acids is 1. The topological polar surface area (TPSA) is 54.0 Å². The number of carbonyl (C=O) groups is 1. The first kappa shape index (κ1) is 18.1. The van der Waals surface area contributed by atoms with Crippen molar-refractivity contribution in [1.29, 1.82) is 0 Å². The molecule has 6 heteroatoms. The number of nitrogens with zero attached hydrogens (tertiary/aromatic N) is 2. The summed E-state index contributed by atoms with van der Waals surface area (Å²) in [6.45, 7) is 1.54. The van der Waals surface area contributed by atoms with E-state index >= 15 is 0 Å². The van der Waals surface area contributed by atoms with E-state index in [2.05, 4.69) is 10.2 Å².